The Morgan fingerprint density at radius 1 is 1.25 bits per heavy atom. The molecule has 0 saturated heterocycles. The molecule has 0 fully saturated rings. The monoisotopic (exact) mass is 292 g/mol. The van der Waals surface area contributed by atoms with Gasteiger partial charge in [-0.15, -0.1) is 0 Å². The van der Waals surface area contributed by atoms with E-state index in [0.29, 0.717) is 17.8 Å². The smallest absolute Gasteiger partial charge is 0.231 e. The summed E-state index contributed by atoms with van der Waals surface area (Å²) in [4.78, 5) is 15.0. The van der Waals surface area contributed by atoms with E-state index in [-0.39, 0.29) is 6.04 Å². The molecule has 0 aliphatic heterocycles. The van der Waals surface area contributed by atoms with Crippen LogP contribution >= 0.6 is 11.3 Å². The summed E-state index contributed by atoms with van der Waals surface area (Å²) < 4.78 is 0. The number of nitrogens with one attached hydrogen (secondary N) is 2. The van der Waals surface area contributed by atoms with Crippen molar-refractivity contribution in [3.05, 3.63) is 22.4 Å². The second-order valence-electron chi connectivity index (χ2n) is 4.63. The molecule has 6 nitrogen and oxygen atoms in total. The second-order valence-corrected chi connectivity index (χ2v) is 5.41. The Labute approximate surface area is 123 Å². The number of hydrogen-bond donors (Lipinski definition) is 2. The summed E-state index contributed by atoms with van der Waals surface area (Å²) >= 11 is 1.68. The Morgan fingerprint density at radius 2 is 2.00 bits per heavy atom. The minimum Gasteiger partial charge on any atom is -0.354 e. The van der Waals surface area contributed by atoms with Crippen LogP contribution in [0.15, 0.2) is 16.8 Å². The third kappa shape index (κ3) is 3.57. The molecule has 0 bridgehead atoms. The summed E-state index contributed by atoms with van der Waals surface area (Å²) in [6, 6.07) is 2.26. The van der Waals surface area contributed by atoms with Crippen LogP contribution in [0.2, 0.25) is 0 Å². The molecule has 2 N–H and O–H groups in total. The molecule has 20 heavy (non-hydrogen) atoms. The maximum absolute atomic E-state index is 4.42. The lowest BCUT2D eigenvalue weighted by atomic mass is 10.2. The first kappa shape index (κ1) is 14.5. The number of rotatable bonds is 6. The number of aromatic nitrogens is 3. The van der Waals surface area contributed by atoms with E-state index in [1.165, 1.54) is 5.56 Å². The molecule has 2 rings (SSSR count). The molecule has 2 aromatic heterocycles. The maximum Gasteiger partial charge on any atom is 0.231 e. The Hall–Kier alpha value is -1.89. The molecule has 1 atom stereocenters. The normalized spacial score (nSPS) is 12.0. The van der Waals surface area contributed by atoms with Crippen molar-refractivity contribution in [3.8, 4) is 0 Å². The Balaban J connectivity index is 2.21. The highest BCUT2D eigenvalue weighted by Crippen LogP contribution is 2.20. The van der Waals surface area contributed by atoms with Gasteiger partial charge in [0, 0.05) is 20.6 Å². The van der Waals surface area contributed by atoms with Gasteiger partial charge in [-0.2, -0.15) is 26.3 Å². The highest BCUT2D eigenvalue weighted by Gasteiger charge is 2.11. The number of anilines is 3. The van der Waals surface area contributed by atoms with Gasteiger partial charge in [0.2, 0.25) is 17.8 Å². The third-order valence-electron chi connectivity index (χ3n) is 2.75. The maximum atomic E-state index is 4.42. The lowest BCUT2D eigenvalue weighted by Gasteiger charge is -2.16. The fraction of sp³-hybridized carbons (Fsp3) is 0.462. The molecule has 1 unspecified atom stereocenters. The number of thiophene rings is 1. The molecule has 0 aliphatic rings. The quantitative estimate of drug-likeness (QED) is 0.853. The zero-order valence-corrected chi connectivity index (χ0v) is 13.0. The van der Waals surface area contributed by atoms with E-state index in [2.05, 4.69) is 49.3 Å². The molecule has 0 radical (unpaired) electrons. The van der Waals surface area contributed by atoms with Crippen molar-refractivity contribution in [2.24, 2.45) is 0 Å². The minimum absolute atomic E-state index is 0.160. The van der Waals surface area contributed by atoms with Gasteiger partial charge < -0.3 is 15.5 Å². The Morgan fingerprint density at radius 3 is 2.60 bits per heavy atom. The lowest BCUT2D eigenvalue weighted by molar-refractivity contribution is 0.850. The largest absolute Gasteiger partial charge is 0.354 e. The van der Waals surface area contributed by atoms with Gasteiger partial charge in [-0.25, -0.2) is 0 Å². The van der Waals surface area contributed by atoms with Gasteiger partial charge in [0.05, 0.1) is 6.04 Å². The van der Waals surface area contributed by atoms with Crippen LogP contribution < -0.4 is 15.5 Å². The van der Waals surface area contributed by atoms with E-state index in [4.69, 9.17) is 0 Å². The summed E-state index contributed by atoms with van der Waals surface area (Å²) in [6.07, 6.45) is 0. The number of hydrogen-bond acceptors (Lipinski definition) is 7. The van der Waals surface area contributed by atoms with Crippen molar-refractivity contribution in [1.29, 1.82) is 0 Å². The van der Waals surface area contributed by atoms with Gasteiger partial charge in [0.1, 0.15) is 0 Å². The van der Waals surface area contributed by atoms with E-state index < -0.39 is 0 Å². The fourth-order valence-electron chi connectivity index (χ4n) is 1.66. The molecule has 0 saturated carbocycles. The van der Waals surface area contributed by atoms with Gasteiger partial charge in [-0.3, -0.25) is 0 Å². The van der Waals surface area contributed by atoms with Crippen molar-refractivity contribution >= 4 is 29.2 Å². The topological polar surface area (TPSA) is 66.0 Å². The molecular weight excluding hydrogens is 272 g/mol. The van der Waals surface area contributed by atoms with Crippen molar-refractivity contribution in [2.75, 3.05) is 36.2 Å². The van der Waals surface area contributed by atoms with E-state index in [9.17, 15) is 0 Å². The number of nitrogens with zero attached hydrogens (tertiary/aromatic N) is 4. The Kier molecular flexibility index (Phi) is 4.73. The molecule has 2 aromatic rings. The van der Waals surface area contributed by atoms with E-state index >= 15 is 0 Å². The van der Waals surface area contributed by atoms with E-state index in [1.807, 2.05) is 25.9 Å². The minimum atomic E-state index is 0.160. The second kappa shape index (κ2) is 6.51. The first-order chi connectivity index (χ1) is 9.60. The van der Waals surface area contributed by atoms with Crippen LogP contribution in [0, 0.1) is 0 Å². The van der Waals surface area contributed by atoms with Gasteiger partial charge in [-0.1, -0.05) is 0 Å². The summed E-state index contributed by atoms with van der Waals surface area (Å²) in [7, 11) is 3.83. The summed E-state index contributed by atoms with van der Waals surface area (Å²) in [5, 5.41) is 10.6. The van der Waals surface area contributed by atoms with Gasteiger partial charge in [0.15, 0.2) is 0 Å². The zero-order chi connectivity index (χ0) is 14.5. The van der Waals surface area contributed by atoms with Crippen LogP contribution in [0.3, 0.4) is 0 Å². The van der Waals surface area contributed by atoms with E-state index in [1.54, 1.807) is 11.3 Å². The first-order valence-corrected chi connectivity index (χ1v) is 7.50. The van der Waals surface area contributed by atoms with Crippen LogP contribution in [0.1, 0.15) is 25.5 Å². The fourth-order valence-corrected chi connectivity index (χ4v) is 2.42. The molecule has 0 amide bonds. The van der Waals surface area contributed by atoms with Crippen molar-refractivity contribution in [1.82, 2.24) is 15.0 Å². The average molecular weight is 292 g/mol. The van der Waals surface area contributed by atoms with Crippen LogP contribution in [0.4, 0.5) is 17.8 Å². The summed E-state index contributed by atoms with van der Waals surface area (Å²) in [5.41, 5.74) is 1.23. The molecule has 0 aromatic carbocycles. The standard InChI is InChI=1S/C13H20N6S/c1-5-14-11-16-12(18-13(17-11)19(3)4)15-9(2)10-6-7-20-8-10/h6-9H,5H2,1-4H3,(H2,14,15,16,17,18). The first-order valence-electron chi connectivity index (χ1n) is 6.56. The zero-order valence-electron chi connectivity index (χ0n) is 12.2. The molecule has 2 heterocycles. The van der Waals surface area contributed by atoms with E-state index in [0.717, 1.165) is 6.54 Å². The van der Waals surface area contributed by atoms with Gasteiger partial charge in [-0.05, 0) is 36.2 Å². The van der Waals surface area contributed by atoms with Gasteiger partial charge in [0.25, 0.3) is 0 Å². The molecule has 108 valence electrons. The van der Waals surface area contributed by atoms with Crippen LogP contribution in [0.5, 0.6) is 0 Å². The predicted molar refractivity (Wildman–Crippen MR) is 84.7 cm³/mol. The highest BCUT2D eigenvalue weighted by molar-refractivity contribution is 7.07. The third-order valence-corrected chi connectivity index (χ3v) is 3.45. The average Bonchev–Trinajstić information content (AvgIpc) is 2.92. The summed E-state index contributed by atoms with van der Waals surface area (Å²) in [5.74, 6) is 1.81. The SMILES string of the molecule is CCNc1nc(NC(C)c2ccsc2)nc(N(C)C)n1. The van der Waals surface area contributed by atoms with Crippen LogP contribution in [-0.2, 0) is 0 Å². The lowest BCUT2D eigenvalue weighted by Crippen LogP contribution is -2.18. The van der Waals surface area contributed by atoms with Crippen LogP contribution in [0.25, 0.3) is 0 Å². The summed E-state index contributed by atoms with van der Waals surface area (Å²) in [6.45, 7) is 4.88. The Bertz CT molecular complexity index is 540. The van der Waals surface area contributed by atoms with Gasteiger partial charge >= 0.3 is 0 Å². The van der Waals surface area contributed by atoms with Crippen molar-refractivity contribution < 1.29 is 0 Å². The van der Waals surface area contributed by atoms with Crippen molar-refractivity contribution in [2.45, 2.75) is 19.9 Å². The molecule has 7 heteroatoms. The van der Waals surface area contributed by atoms with Crippen molar-refractivity contribution in [3.63, 3.8) is 0 Å². The predicted octanol–water partition coefficient (Wildman–Crippen LogP) is 2.60. The van der Waals surface area contributed by atoms with Crippen LogP contribution in [-0.4, -0.2) is 35.6 Å². The molecule has 0 spiro atoms. The highest BCUT2D eigenvalue weighted by atomic mass is 32.1. The molecule has 0 aliphatic carbocycles. The molecular formula is C13H20N6S.